The number of pyridine rings is 1. The maximum atomic E-state index is 5.51. The molecule has 0 atom stereocenters. The van der Waals surface area contributed by atoms with Gasteiger partial charge in [0.15, 0.2) is 5.96 Å². The second-order valence-corrected chi connectivity index (χ2v) is 6.52. The Balaban J connectivity index is 0.00000338. The van der Waals surface area contributed by atoms with Crippen LogP contribution in [0.4, 0.5) is 0 Å². The number of ether oxygens (including phenoxy) is 2. The average molecular weight is 476 g/mol. The van der Waals surface area contributed by atoms with Crippen molar-refractivity contribution in [1.82, 2.24) is 15.2 Å². The third kappa shape index (κ3) is 8.07. The largest absolute Gasteiger partial charge is 0.478 e. The average Bonchev–Trinajstić information content (AvgIpc) is 2.67. The van der Waals surface area contributed by atoms with Crippen molar-refractivity contribution in [3.05, 3.63) is 23.9 Å². The van der Waals surface area contributed by atoms with E-state index in [0.717, 1.165) is 43.6 Å². The van der Waals surface area contributed by atoms with Crippen LogP contribution >= 0.6 is 24.0 Å². The topological polar surface area (TPSA) is 59.0 Å². The minimum atomic E-state index is 0. The van der Waals surface area contributed by atoms with Gasteiger partial charge in [-0.25, -0.2) is 4.98 Å². The molecule has 1 aromatic rings. The van der Waals surface area contributed by atoms with Crippen LogP contribution < -0.4 is 10.1 Å². The molecule has 1 aliphatic heterocycles. The number of aliphatic imine (C=N–C) groups is 1. The van der Waals surface area contributed by atoms with E-state index in [1.807, 2.05) is 25.4 Å². The van der Waals surface area contributed by atoms with Crippen molar-refractivity contribution in [3.63, 3.8) is 0 Å². The summed E-state index contributed by atoms with van der Waals surface area (Å²) < 4.78 is 10.9. The number of nitrogens with one attached hydrogen (secondary N) is 1. The summed E-state index contributed by atoms with van der Waals surface area (Å²) in [5.74, 6) is 2.37. The Hall–Kier alpha value is -1.09. The van der Waals surface area contributed by atoms with Crippen LogP contribution in [0.1, 0.15) is 38.2 Å². The van der Waals surface area contributed by atoms with Crippen LogP contribution in [-0.4, -0.2) is 56.3 Å². The Morgan fingerprint density at radius 3 is 2.77 bits per heavy atom. The maximum Gasteiger partial charge on any atom is 0.213 e. The van der Waals surface area contributed by atoms with Crippen molar-refractivity contribution in [2.45, 2.75) is 39.2 Å². The molecule has 26 heavy (non-hydrogen) atoms. The highest BCUT2D eigenvalue weighted by Crippen LogP contribution is 2.18. The Labute approximate surface area is 174 Å². The molecule has 0 radical (unpaired) electrons. The Kier molecular flexibility index (Phi) is 11.6. The minimum absolute atomic E-state index is 0. The summed E-state index contributed by atoms with van der Waals surface area (Å²) in [6.45, 7) is 6.32. The molecule has 1 aliphatic rings. The van der Waals surface area contributed by atoms with E-state index in [1.54, 1.807) is 0 Å². The second kappa shape index (κ2) is 13.1. The van der Waals surface area contributed by atoms with Gasteiger partial charge in [0.1, 0.15) is 0 Å². The molecule has 0 aromatic carbocycles. The van der Waals surface area contributed by atoms with Crippen molar-refractivity contribution < 1.29 is 9.47 Å². The van der Waals surface area contributed by atoms with Gasteiger partial charge >= 0.3 is 0 Å². The number of guanidine groups is 1. The van der Waals surface area contributed by atoms with Gasteiger partial charge in [-0.15, -0.1) is 24.0 Å². The standard InChI is InChI=1S/C19H32N4O2.HI/c1-4-11-25-18-6-5-17(14-21-18)15-22-19(20-2)23(3)10-7-16-8-12-24-13-9-16;/h5-6,14,16H,4,7-13,15H2,1-3H3,(H,20,22);1H. The van der Waals surface area contributed by atoms with E-state index in [-0.39, 0.29) is 24.0 Å². The van der Waals surface area contributed by atoms with Crippen LogP contribution in [0.5, 0.6) is 5.88 Å². The van der Waals surface area contributed by atoms with Gasteiger partial charge in [0.05, 0.1) is 6.61 Å². The predicted octanol–water partition coefficient (Wildman–Crippen LogP) is 3.31. The predicted molar refractivity (Wildman–Crippen MR) is 116 cm³/mol. The molecular formula is C19H33IN4O2. The van der Waals surface area contributed by atoms with Gasteiger partial charge < -0.3 is 19.7 Å². The highest BCUT2D eigenvalue weighted by Gasteiger charge is 2.15. The first-order chi connectivity index (χ1) is 12.2. The maximum absolute atomic E-state index is 5.51. The number of halogens is 1. The number of hydrogen-bond donors (Lipinski definition) is 1. The molecule has 2 rings (SSSR count). The summed E-state index contributed by atoms with van der Waals surface area (Å²) in [6, 6.07) is 3.96. The number of rotatable bonds is 8. The Bertz CT molecular complexity index is 519. The number of hydrogen-bond acceptors (Lipinski definition) is 4. The smallest absolute Gasteiger partial charge is 0.213 e. The summed E-state index contributed by atoms with van der Waals surface area (Å²) >= 11 is 0. The van der Waals surface area contributed by atoms with E-state index in [9.17, 15) is 0 Å². The first-order valence-electron chi connectivity index (χ1n) is 9.30. The molecule has 148 valence electrons. The Morgan fingerprint density at radius 2 is 2.15 bits per heavy atom. The molecule has 6 nitrogen and oxygen atoms in total. The number of aromatic nitrogens is 1. The monoisotopic (exact) mass is 476 g/mol. The third-order valence-corrected chi connectivity index (χ3v) is 4.49. The zero-order chi connectivity index (χ0) is 17.9. The summed E-state index contributed by atoms with van der Waals surface area (Å²) in [6.07, 6.45) is 6.39. The van der Waals surface area contributed by atoms with Crippen molar-refractivity contribution in [2.24, 2.45) is 10.9 Å². The van der Waals surface area contributed by atoms with Crippen LogP contribution in [0, 0.1) is 5.92 Å². The highest BCUT2D eigenvalue weighted by atomic mass is 127. The Morgan fingerprint density at radius 1 is 1.38 bits per heavy atom. The summed E-state index contributed by atoms with van der Waals surface area (Å²) in [5.41, 5.74) is 1.11. The zero-order valence-electron chi connectivity index (χ0n) is 16.2. The molecule has 0 spiro atoms. The van der Waals surface area contributed by atoms with Gasteiger partial charge in [-0.3, -0.25) is 4.99 Å². The highest BCUT2D eigenvalue weighted by molar-refractivity contribution is 14.0. The second-order valence-electron chi connectivity index (χ2n) is 6.52. The van der Waals surface area contributed by atoms with E-state index in [0.29, 0.717) is 19.0 Å². The van der Waals surface area contributed by atoms with E-state index >= 15 is 0 Å². The van der Waals surface area contributed by atoms with Crippen LogP contribution in [0.3, 0.4) is 0 Å². The zero-order valence-corrected chi connectivity index (χ0v) is 18.6. The molecule has 1 saturated heterocycles. The van der Waals surface area contributed by atoms with Gasteiger partial charge in [0, 0.05) is 52.7 Å². The molecule has 0 bridgehead atoms. The van der Waals surface area contributed by atoms with E-state index < -0.39 is 0 Å². The lowest BCUT2D eigenvalue weighted by Crippen LogP contribution is -2.39. The molecule has 0 amide bonds. The lowest BCUT2D eigenvalue weighted by Gasteiger charge is -2.26. The lowest BCUT2D eigenvalue weighted by atomic mass is 9.96. The van der Waals surface area contributed by atoms with Crippen LogP contribution in [0.25, 0.3) is 0 Å². The van der Waals surface area contributed by atoms with Gasteiger partial charge in [-0.1, -0.05) is 13.0 Å². The minimum Gasteiger partial charge on any atom is -0.478 e. The van der Waals surface area contributed by atoms with E-state index in [2.05, 4.69) is 34.2 Å². The lowest BCUT2D eigenvalue weighted by molar-refractivity contribution is 0.0625. The van der Waals surface area contributed by atoms with Crippen molar-refractivity contribution >= 4 is 29.9 Å². The van der Waals surface area contributed by atoms with Gasteiger partial charge in [0.2, 0.25) is 5.88 Å². The SMILES string of the molecule is CCCOc1ccc(CNC(=NC)N(C)CCC2CCOCC2)cn1.I. The molecule has 0 unspecified atom stereocenters. The third-order valence-electron chi connectivity index (χ3n) is 4.49. The molecular weight excluding hydrogens is 443 g/mol. The van der Waals surface area contributed by atoms with E-state index in [4.69, 9.17) is 9.47 Å². The van der Waals surface area contributed by atoms with Crippen molar-refractivity contribution in [1.29, 1.82) is 0 Å². The fourth-order valence-electron chi connectivity index (χ4n) is 2.89. The molecule has 1 N–H and O–H groups in total. The fraction of sp³-hybridized carbons (Fsp3) is 0.684. The molecule has 1 fully saturated rings. The summed E-state index contributed by atoms with van der Waals surface area (Å²) in [7, 11) is 3.92. The molecule has 0 saturated carbocycles. The molecule has 0 aliphatic carbocycles. The van der Waals surface area contributed by atoms with Crippen LogP contribution in [-0.2, 0) is 11.3 Å². The molecule has 7 heteroatoms. The molecule has 1 aromatic heterocycles. The van der Waals surface area contributed by atoms with E-state index in [1.165, 1.54) is 19.3 Å². The fourth-order valence-corrected chi connectivity index (χ4v) is 2.89. The van der Waals surface area contributed by atoms with Gasteiger partial charge in [0.25, 0.3) is 0 Å². The van der Waals surface area contributed by atoms with Gasteiger partial charge in [-0.05, 0) is 37.2 Å². The summed E-state index contributed by atoms with van der Waals surface area (Å²) in [4.78, 5) is 10.9. The van der Waals surface area contributed by atoms with Crippen molar-refractivity contribution in [2.75, 3.05) is 40.5 Å². The van der Waals surface area contributed by atoms with Gasteiger partial charge in [-0.2, -0.15) is 0 Å². The van der Waals surface area contributed by atoms with Crippen LogP contribution in [0.2, 0.25) is 0 Å². The first kappa shape index (κ1) is 23.0. The summed E-state index contributed by atoms with van der Waals surface area (Å²) in [5, 5.41) is 3.41. The van der Waals surface area contributed by atoms with Crippen molar-refractivity contribution in [3.8, 4) is 5.88 Å². The normalized spacial score (nSPS) is 15.3. The van der Waals surface area contributed by atoms with Crippen LogP contribution in [0.15, 0.2) is 23.3 Å². The quantitative estimate of drug-likeness (QED) is 0.355. The number of nitrogens with zero attached hydrogens (tertiary/aromatic N) is 3. The molecule has 2 heterocycles. The first-order valence-corrected chi connectivity index (χ1v) is 9.30.